The lowest BCUT2D eigenvalue weighted by Gasteiger charge is -2.31. The van der Waals surface area contributed by atoms with Crippen molar-refractivity contribution in [2.75, 3.05) is 19.6 Å². The highest BCUT2D eigenvalue weighted by Gasteiger charge is 2.35. The predicted octanol–water partition coefficient (Wildman–Crippen LogP) is 4.85. The van der Waals surface area contributed by atoms with E-state index in [0.717, 1.165) is 42.8 Å². The van der Waals surface area contributed by atoms with Crippen LogP contribution < -0.4 is 0 Å². The largest absolute Gasteiger partial charge is 0.294 e. The molecule has 0 unspecified atom stereocenters. The first-order valence-electron chi connectivity index (χ1n) is 10.9. The van der Waals surface area contributed by atoms with Gasteiger partial charge in [-0.1, -0.05) is 48.9 Å². The van der Waals surface area contributed by atoms with Crippen LogP contribution in [0.2, 0.25) is 0 Å². The minimum Gasteiger partial charge on any atom is -0.294 e. The molecule has 2 heterocycles. The number of hydrogen-bond donors (Lipinski definition) is 0. The number of carbonyl (C=O) groups is 1. The molecule has 158 valence electrons. The Balaban J connectivity index is 1.62. The maximum atomic E-state index is 14.6. The van der Waals surface area contributed by atoms with Gasteiger partial charge in [-0.2, -0.15) is 5.10 Å². The Labute approximate surface area is 178 Å². The monoisotopic (exact) mass is 407 g/mol. The number of hydrazone groups is 1. The zero-order valence-electron chi connectivity index (χ0n) is 18.1. The smallest absolute Gasteiger partial charge is 0.257 e. The van der Waals surface area contributed by atoms with Crippen LogP contribution in [0.5, 0.6) is 0 Å². The van der Waals surface area contributed by atoms with Crippen LogP contribution in [-0.2, 0) is 4.79 Å². The van der Waals surface area contributed by atoms with Gasteiger partial charge >= 0.3 is 0 Å². The Morgan fingerprint density at radius 3 is 2.57 bits per heavy atom. The van der Waals surface area contributed by atoms with E-state index >= 15 is 0 Å². The second kappa shape index (κ2) is 8.68. The molecular weight excluding hydrogens is 377 g/mol. The van der Waals surface area contributed by atoms with Crippen LogP contribution in [0.15, 0.2) is 47.6 Å². The lowest BCUT2D eigenvalue weighted by atomic mass is 9.95. The lowest BCUT2D eigenvalue weighted by Crippen LogP contribution is -2.41. The van der Waals surface area contributed by atoms with Gasteiger partial charge < -0.3 is 0 Å². The van der Waals surface area contributed by atoms with E-state index in [4.69, 9.17) is 5.10 Å². The minimum atomic E-state index is -0.405. The summed E-state index contributed by atoms with van der Waals surface area (Å²) >= 11 is 0. The highest BCUT2D eigenvalue weighted by molar-refractivity contribution is 6.04. The molecule has 1 atom stereocenters. The number of hydrogen-bond acceptors (Lipinski definition) is 3. The zero-order chi connectivity index (χ0) is 21.3. The second-order valence-electron chi connectivity index (χ2n) is 8.80. The normalized spacial score (nSPS) is 20.5. The zero-order valence-corrected chi connectivity index (χ0v) is 18.1. The summed E-state index contributed by atoms with van der Waals surface area (Å²) in [6, 6.07) is 12.6. The average Bonchev–Trinajstić information content (AvgIpc) is 3.15. The lowest BCUT2D eigenvalue weighted by molar-refractivity contribution is -0.134. The second-order valence-corrected chi connectivity index (χ2v) is 8.80. The van der Waals surface area contributed by atoms with Gasteiger partial charge in [-0.05, 0) is 57.3 Å². The highest BCUT2D eigenvalue weighted by Crippen LogP contribution is 2.35. The van der Waals surface area contributed by atoms with Crippen molar-refractivity contribution in [3.63, 3.8) is 0 Å². The first-order chi connectivity index (χ1) is 14.4. The third-order valence-corrected chi connectivity index (χ3v) is 6.36. The Hall–Kier alpha value is -2.53. The summed E-state index contributed by atoms with van der Waals surface area (Å²) in [5.41, 5.74) is 4.72. The fraction of sp³-hybridized carbons (Fsp3) is 0.440. The van der Waals surface area contributed by atoms with Crippen LogP contribution >= 0.6 is 0 Å². The maximum absolute atomic E-state index is 14.6. The van der Waals surface area contributed by atoms with Gasteiger partial charge in [0.05, 0.1) is 18.3 Å². The number of halogens is 1. The van der Waals surface area contributed by atoms with Crippen molar-refractivity contribution >= 4 is 11.6 Å². The van der Waals surface area contributed by atoms with E-state index in [9.17, 15) is 9.18 Å². The van der Waals surface area contributed by atoms with Gasteiger partial charge in [-0.25, -0.2) is 9.40 Å². The Bertz CT molecular complexity index is 963. The quantitative estimate of drug-likeness (QED) is 0.726. The van der Waals surface area contributed by atoms with Crippen LogP contribution in [0.3, 0.4) is 0 Å². The molecule has 0 N–H and O–H groups in total. The summed E-state index contributed by atoms with van der Waals surface area (Å²) in [4.78, 5) is 15.5. The maximum Gasteiger partial charge on any atom is 0.257 e. The van der Waals surface area contributed by atoms with Crippen molar-refractivity contribution in [1.82, 2.24) is 9.91 Å². The Morgan fingerprint density at radius 1 is 1.13 bits per heavy atom. The molecule has 4 rings (SSSR count). The van der Waals surface area contributed by atoms with E-state index in [1.807, 2.05) is 6.07 Å². The SMILES string of the molecule is Cc1ccc(C2=NN(C(=O)CN3CCC(C)CC3)[C@H](c3ccccc3F)C2)c(C)c1. The standard InChI is InChI=1S/C25H30FN3O/c1-17-10-12-28(13-11-17)16-25(30)29-24(21-6-4-5-7-22(21)26)15-23(27-29)20-9-8-18(2)14-19(20)3/h4-9,14,17,24H,10-13,15-16H2,1-3H3/t24-/m0/s1. The average molecular weight is 408 g/mol. The summed E-state index contributed by atoms with van der Waals surface area (Å²) in [5.74, 6) is 0.366. The minimum absolute atomic E-state index is 0.0578. The third kappa shape index (κ3) is 4.31. The number of aryl methyl sites for hydroxylation is 2. The number of benzene rings is 2. The van der Waals surface area contributed by atoms with Crippen LogP contribution in [0, 0.1) is 25.6 Å². The van der Waals surface area contributed by atoms with Gasteiger partial charge in [0.15, 0.2) is 0 Å². The molecule has 2 aromatic rings. The molecule has 0 aromatic heterocycles. The van der Waals surface area contributed by atoms with Crippen LogP contribution in [0.25, 0.3) is 0 Å². The van der Waals surface area contributed by atoms with E-state index in [1.54, 1.807) is 12.1 Å². The molecule has 4 nitrogen and oxygen atoms in total. The number of carbonyl (C=O) groups excluding carboxylic acids is 1. The van der Waals surface area contributed by atoms with E-state index in [-0.39, 0.29) is 11.7 Å². The van der Waals surface area contributed by atoms with E-state index in [0.29, 0.717) is 24.4 Å². The molecule has 0 radical (unpaired) electrons. The van der Waals surface area contributed by atoms with Gasteiger partial charge in [0.25, 0.3) is 5.91 Å². The molecule has 5 heteroatoms. The molecule has 1 saturated heterocycles. The van der Waals surface area contributed by atoms with Gasteiger partial charge in [0.2, 0.25) is 0 Å². The van der Waals surface area contributed by atoms with E-state index in [2.05, 4.69) is 43.9 Å². The molecule has 1 amide bonds. The van der Waals surface area contributed by atoms with Gasteiger partial charge in [0.1, 0.15) is 5.82 Å². The summed E-state index contributed by atoms with van der Waals surface area (Å²) in [6.45, 7) is 8.57. The first kappa shape index (κ1) is 20.7. The predicted molar refractivity (Wildman–Crippen MR) is 118 cm³/mol. The summed E-state index contributed by atoms with van der Waals surface area (Å²) in [6.07, 6.45) is 2.75. The number of piperidine rings is 1. The van der Waals surface area contributed by atoms with Crippen molar-refractivity contribution in [2.24, 2.45) is 11.0 Å². The fourth-order valence-electron chi connectivity index (χ4n) is 4.51. The van der Waals surface area contributed by atoms with Gasteiger partial charge in [-0.15, -0.1) is 0 Å². The van der Waals surface area contributed by atoms with Crippen LogP contribution in [-0.4, -0.2) is 41.2 Å². The summed E-state index contributed by atoms with van der Waals surface area (Å²) in [7, 11) is 0. The molecular formula is C25H30FN3O. The topological polar surface area (TPSA) is 35.9 Å². The molecule has 2 aliphatic heterocycles. The third-order valence-electron chi connectivity index (χ3n) is 6.36. The van der Waals surface area contributed by atoms with E-state index < -0.39 is 6.04 Å². The highest BCUT2D eigenvalue weighted by atomic mass is 19.1. The van der Waals surface area contributed by atoms with Crippen molar-refractivity contribution in [3.05, 3.63) is 70.5 Å². The molecule has 0 aliphatic carbocycles. The summed E-state index contributed by atoms with van der Waals surface area (Å²) < 4.78 is 14.6. The first-order valence-corrected chi connectivity index (χ1v) is 10.9. The van der Waals surface area contributed by atoms with Crippen molar-refractivity contribution in [2.45, 2.75) is 46.1 Å². The van der Waals surface area contributed by atoms with Crippen molar-refractivity contribution < 1.29 is 9.18 Å². The number of likely N-dealkylation sites (tertiary alicyclic amines) is 1. The fourth-order valence-corrected chi connectivity index (χ4v) is 4.51. The molecule has 2 aliphatic rings. The molecule has 30 heavy (non-hydrogen) atoms. The molecule has 0 saturated carbocycles. The van der Waals surface area contributed by atoms with Crippen molar-refractivity contribution in [1.29, 1.82) is 0 Å². The van der Waals surface area contributed by atoms with Gasteiger partial charge in [-0.3, -0.25) is 9.69 Å². The molecule has 1 fully saturated rings. The molecule has 2 aromatic carbocycles. The van der Waals surface area contributed by atoms with Crippen molar-refractivity contribution in [3.8, 4) is 0 Å². The van der Waals surface area contributed by atoms with Crippen LogP contribution in [0.1, 0.15) is 54.5 Å². The van der Waals surface area contributed by atoms with Gasteiger partial charge in [0, 0.05) is 17.5 Å². The molecule has 0 spiro atoms. The van der Waals surface area contributed by atoms with E-state index in [1.165, 1.54) is 16.6 Å². The Morgan fingerprint density at radius 2 is 1.87 bits per heavy atom. The number of rotatable bonds is 4. The Kier molecular flexibility index (Phi) is 6.00. The number of nitrogens with zero attached hydrogens (tertiary/aromatic N) is 3. The number of amides is 1. The summed E-state index contributed by atoms with van der Waals surface area (Å²) in [5, 5.41) is 6.27. The van der Waals surface area contributed by atoms with Crippen LogP contribution in [0.4, 0.5) is 4.39 Å². The molecule has 0 bridgehead atoms.